The fourth-order valence-corrected chi connectivity index (χ4v) is 5.40. The molecule has 3 rings (SSSR count). The van der Waals surface area contributed by atoms with E-state index in [2.05, 4.69) is 10.6 Å². The first kappa shape index (κ1) is 33.1. The monoisotopic (exact) mass is 586 g/mol. The van der Waals surface area contributed by atoms with E-state index in [4.69, 9.17) is 0 Å². The second-order valence-corrected chi connectivity index (χ2v) is 11.4. The largest absolute Gasteiger partial charge is 0.390 e. The van der Waals surface area contributed by atoms with Gasteiger partial charge in [-0.2, -0.15) is 0 Å². The Hall–Kier alpha value is -3.37. The first-order valence-electron chi connectivity index (χ1n) is 14.8. The molecule has 0 bridgehead atoms. The van der Waals surface area contributed by atoms with Crippen LogP contribution in [0.4, 0.5) is 8.78 Å². The van der Waals surface area contributed by atoms with Crippen molar-refractivity contribution in [3.8, 4) is 0 Å². The molecule has 1 heterocycles. The van der Waals surface area contributed by atoms with E-state index in [0.29, 0.717) is 6.54 Å². The predicted octanol–water partition coefficient (Wildman–Crippen LogP) is 3.59. The van der Waals surface area contributed by atoms with E-state index in [9.17, 15) is 28.3 Å². The second-order valence-electron chi connectivity index (χ2n) is 11.4. The van der Waals surface area contributed by atoms with Crippen molar-refractivity contribution >= 4 is 17.7 Å². The number of halogens is 2. The molecule has 42 heavy (non-hydrogen) atoms. The highest BCUT2D eigenvalue weighted by Gasteiger charge is 2.40. The number of aliphatic hydroxyl groups is 1. The third-order valence-corrected chi connectivity index (χ3v) is 7.77. The number of hydrogen-bond donors (Lipinski definition) is 3. The van der Waals surface area contributed by atoms with Crippen molar-refractivity contribution in [3.63, 3.8) is 0 Å². The summed E-state index contributed by atoms with van der Waals surface area (Å²) in [6, 6.07) is 11.6. The van der Waals surface area contributed by atoms with Gasteiger partial charge in [-0.3, -0.25) is 14.4 Å². The van der Waals surface area contributed by atoms with Crippen LogP contribution in [-0.2, 0) is 20.8 Å². The predicted molar refractivity (Wildman–Crippen MR) is 157 cm³/mol. The molecule has 1 fully saturated rings. The number of amides is 3. The lowest BCUT2D eigenvalue weighted by Crippen LogP contribution is -2.63. The van der Waals surface area contributed by atoms with E-state index < -0.39 is 41.5 Å². The quantitative estimate of drug-likeness (QED) is 0.277. The van der Waals surface area contributed by atoms with Crippen molar-refractivity contribution in [2.45, 2.75) is 77.6 Å². The van der Waals surface area contributed by atoms with Gasteiger partial charge in [0.2, 0.25) is 5.91 Å². The van der Waals surface area contributed by atoms with Gasteiger partial charge in [-0.05, 0) is 48.4 Å². The highest BCUT2D eigenvalue weighted by atomic mass is 19.1. The zero-order chi connectivity index (χ0) is 30.8. The van der Waals surface area contributed by atoms with Crippen LogP contribution in [0.15, 0.2) is 48.5 Å². The first-order valence-corrected chi connectivity index (χ1v) is 14.8. The number of unbranched alkanes of at least 4 members (excludes halogenated alkanes) is 1. The average Bonchev–Trinajstić information content (AvgIpc) is 2.94. The fraction of sp³-hybridized carbons (Fsp3) is 0.531. The topological polar surface area (TPSA) is 102 Å². The third-order valence-electron chi connectivity index (χ3n) is 7.77. The van der Waals surface area contributed by atoms with Gasteiger partial charge >= 0.3 is 11.8 Å². The molecule has 0 saturated carbocycles. The molecule has 8 nitrogen and oxygen atoms in total. The molecule has 1 saturated heterocycles. The Bertz CT molecular complexity index is 1180. The molecular formula is C32H44F2N4O4. The van der Waals surface area contributed by atoms with Crippen LogP contribution < -0.4 is 10.6 Å². The van der Waals surface area contributed by atoms with Gasteiger partial charge in [-0.1, -0.05) is 64.4 Å². The van der Waals surface area contributed by atoms with Crippen molar-refractivity contribution in [1.82, 2.24) is 20.4 Å². The molecule has 10 heteroatoms. The number of hydrogen-bond acceptors (Lipinski definition) is 5. The zero-order valence-corrected chi connectivity index (χ0v) is 25.0. The average molecular weight is 587 g/mol. The molecule has 0 aromatic heterocycles. The Kier molecular flexibility index (Phi) is 12.4. The minimum Gasteiger partial charge on any atom is -0.390 e. The molecule has 1 aliphatic rings. The number of benzene rings is 2. The molecule has 3 amide bonds. The number of nitrogens with zero attached hydrogens (tertiary/aromatic N) is 2. The summed E-state index contributed by atoms with van der Waals surface area (Å²) in [6.07, 6.45) is 1.25. The Morgan fingerprint density at radius 1 is 1.05 bits per heavy atom. The Morgan fingerprint density at radius 3 is 2.31 bits per heavy atom. The maximum atomic E-state index is 13.9. The minimum atomic E-state index is -1.12. The van der Waals surface area contributed by atoms with Crippen LogP contribution in [-0.4, -0.2) is 77.0 Å². The Morgan fingerprint density at radius 2 is 1.71 bits per heavy atom. The highest BCUT2D eigenvalue weighted by Crippen LogP contribution is 2.20. The van der Waals surface area contributed by atoms with E-state index in [0.717, 1.165) is 43.0 Å². The maximum absolute atomic E-state index is 13.9. The molecule has 3 N–H and O–H groups in total. The molecule has 0 spiro atoms. The van der Waals surface area contributed by atoms with Crippen molar-refractivity contribution < 1.29 is 28.3 Å². The van der Waals surface area contributed by atoms with Crippen LogP contribution in [0.2, 0.25) is 0 Å². The van der Waals surface area contributed by atoms with Crippen molar-refractivity contribution in [2.24, 2.45) is 5.92 Å². The first-order chi connectivity index (χ1) is 20.0. The second kappa shape index (κ2) is 15.7. The van der Waals surface area contributed by atoms with Gasteiger partial charge in [0.05, 0.1) is 18.2 Å². The van der Waals surface area contributed by atoms with Gasteiger partial charge in [0.1, 0.15) is 18.2 Å². The van der Waals surface area contributed by atoms with Gasteiger partial charge in [0.25, 0.3) is 0 Å². The standard InChI is InChI=1S/C32H44F2N4O4/c1-5-7-13-38-28(21(3)4)19-37(31(41)32(38)42)20-30(40)36-27(16-22-14-24(33)17-25(34)15-22)29(39)18-35-26(6-2)23-11-9-8-10-12-23/h8-12,14-15,17,21,26-29,35,39H,5-7,13,16,18-20H2,1-4H3,(H,36,40)/t26?,27-,28-,29+/m0/s1. The smallest absolute Gasteiger partial charge is 0.312 e. The Labute approximate surface area is 247 Å². The summed E-state index contributed by atoms with van der Waals surface area (Å²) in [5, 5.41) is 17.3. The molecule has 4 atom stereocenters. The van der Waals surface area contributed by atoms with Gasteiger partial charge in [-0.15, -0.1) is 0 Å². The molecule has 2 aromatic carbocycles. The fourth-order valence-electron chi connectivity index (χ4n) is 5.40. The summed E-state index contributed by atoms with van der Waals surface area (Å²) >= 11 is 0. The van der Waals surface area contributed by atoms with Gasteiger partial charge in [0.15, 0.2) is 0 Å². The summed E-state index contributed by atoms with van der Waals surface area (Å²) in [6.45, 7) is 8.40. The van der Waals surface area contributed by atoms with E-state index in [1.807, 2.05) is 58.0 Å². The molecule has 2 aromatic rings. The SMILES string of the molecule is CCCCN1C(=O)C(=O)N(CC(=O)N[C@@H](Cc2cc(F)cc(F)c2)[C@H](O)CNC(CC)c2ccccc2)C[C@H]1C(C)C. The zero-order valence-electron chi connectivity index (χ0n) is 25.0. The lowest BCUT2D eigenvalue weighted by Gasteiger charge is -2.42. The van der Waals surface area contributed by atoms with Crippen molar-refractivity contribution in [3.05, 3.63) is 71.3 Å². The van der Waals surface area contributed by atoms with Crippen molar-refractivity contribution in [2.75, 3.05) is 26.2 Å². The van der Waals surface area contributed by atoms with E-state index in [1.165, 1.54) is 4.90 Å². The highest BCUT2D eigenvalue weighted by molar-refractivity contribution is 6.35. The summed E-state index contributed by atoms with van der Waals surface area (Å²) in [5.41, 5.74) is 1.31. The number of nitrogens with one attached hydrogen (secondary N) is 2. The van der Waals surface area contributed by atoms with E-state index in [1.54, 1.807) is 4.90 Å². The van der Waals surface area contributed by atoms with Crippen molar-refractivity contribution in [1.29, 1.82) is 0 Å². The summed E-state index contributed by atoms with van der Waals surface area (Å²) in [4.78, 5) is 42.0. The van der Waals surface area contributed by atoms with Crippen LogP contribution in [0, 0.1) is 17.6 Å². The van der Waals surface area contributed by atoms with Crippen LogP contribution in [0.5, 0.6) is 0 Å². The van der Waals surface area contributed by atoms with Gasteiger partial charge < -0.3 is 25.5 Å². The van der Waals surface area contributed by atoms with E-state index in [-0.39, 0.29) is 49.6 Å². The molecular weight excluding hydrogens is 542 g/mol. The minimum absolute atomic E-state index is 0.0440. The normalized spacial score (nSPS) is 17.9. The summed E-state index contributed by atoms with van der Waals surface area (Å²) < 4.78 is 27.9. The number of carbonyl (C=O) groups excluding carboxylic acids is 3. The van der Waals surface area contributed by atoms with Crippen LogP contribution in [0.25, 0.3) is 0 Å². The lowest BCUT2D eigenvalue weighted by molar-refractivity contribution is -0.161. The van der Waals surface area contributed by atoms with Gasteiger partial charge in [-0.25, -0.2) is 8.78 Å². The van der Waals surface area contributed by atoms with E-state index >= 15 is 0 Å². The molecule has 1 unspecified atom stereocenters. The maximum Gasteiger partial charge on any atom is 0.312 e. The van der Waals surface area contributed by atoms with Crippen LogP contribution in [0.1, 0.15) is 64.1 Å². The van der Waals surface area contributed by atoms with Crippen LogP contribution >= 0.6 is 0 Å². The lowest BCUT2D eigenvalue weighted by atomic mass is 9.98. The molecule has 0 aliphatic carbocycles. The molecule has 1 aliphatic heterocycles. The Balaban J connectivity index is 1.74. The third kappa shape index (κ3) is 9.06. The molecule has 230 valence electrons. The molecule has 0 radical (unpaired) electrons. The van der Waals surface area contributed by atoms with Gasteiger partial charge in [0, 0.05) is 31.7 Å². The number of aliphatic hydroxyl groups excluding tert-OH is 1. The number of rotatable bonds is 15. The number of carbonyl (C=O) groups is 3. The summed E-state index contributed by atoms with van der Waals surface area (Å²) in [7, 11) is 0. The van der Waals surface area contributed by atoms with Crippen LogP contribution in [0.3, 0.4) is 0 Å². The summed E-state index contributed by atoms with van der Waals surface area (Å²) in [5.74, 6) is -3.38. The number of piperazine rings is 1.